The highest BCUT2D eigenvalue weighted by Crippen LogP contribution is 2.44. The van der Waals surface area contributed by atoms with E-state index in [2.05, 4.69) is 10.2 Å². The van der Waals surface area contributed by atoms with Gasteiger partial charge < -0.3 is 24.8 Å². The lowest BCUT2D eigenvalue weighted by molar-refractivity contribution is -0.163. The summed E-state index contributed by atoms with van der Waals surface area (Å²) in [5.41, 5.74) is 5.16. The third-order valence-corrected chi connectivity index (χ3v) is 5.34. The number of hydrogen-bond acceptors (Lipinski definition) is 7. The molecule has 1 aliphatic rings. The molecule has 0 atom stereocenters. The molecule has 2 heterocycles. The molecule has 166 valence electrons. The normalized spacial score (nSPS) is 14.3. The van der Waals surface area contributed by atoms with Crippen LogP contribution >= 0.6 is 0 Å². The third-order valence-electron chi connectivity index (χ3n) is 5.34. The molecule has 2 N–H and O–H groups in total. The molecule has 1 aromatic heterocycles. The van der Waals surface area contributed by atoms with Crippen LogP contribution in [-0.2, 0) is 21.6 Å². The van der Waals surface area contributed by atoms with Crippen molar-refractivity contribution < 1.29 is 27.8 Å². The van der Waals surface area contributed by atoms with Crippen molar-refractivity contribution in [2.75, 3.05) is 26.1 Å². The summed E-state index contributed by atoms with van der Waals surface area (Å²) in [7, 11) is 1.31. The van der Waals surface area contributed by atoms with Gasteiger partial charge in [0.2, 0.25) is 18.1 Å². The van der Waals surface area contributed by atoms with Crippen LogP contribution in [0.3, 0.4) is 0 Å². The molecule has 0 saturated carbocycles. The number of anilines is 1. The van der Waals surface area contributed by atoms with Crippen LogP contribution in [0.15, 0.2) is 48.7 Å². The van der Waals surface area contributed by atoms with Crippen LogP contribution in [0.1, 0.15) is 11.1 Å². The molecule has 1 fully saturated rings. The SMILES string of the molecule is COc1c(C2(N(C=O)Cc3cccc(N)c3F)COC2)ccc(Oc2cccnn2)c1F. The van der Waals surface area contributed by atoms with Crippen molar-refractivity contribution in [3.05, 3.63) is 71.4 Å². The van der Waals surface area contributed by atoms with Gasteiger partial charge in [-0.2, -0.15) is 9.49 Å². The Bertz CT molecular complexity index is 1130. The first-order valence-corrected chi connectivity index (χ1v) is 9.65. The number of aromatic nitrogens is 2. The van der Waals surface area contributed by atoms with E-state index in [0.717, 1.165) is 0 Å². The number of carbonyl (C=O) groups is 1. The average Bonchev–Trinajstić information content (AvgIpc) is 2.77. The van der Waals surface area contributed by atoms with Gasteiger partial charge in [-0.25, -0.2) is 4.39 Å². The summed E-state index contributed by atoms with van der Waals surface area (Å²) in [4.78, 5) is 13.4. The lowest BCUT2D eigenvalue weighted by Crippen LogP contribution is -2.59. The van der Waals surface area contributed by atoms with E-state index >= 15 is 4.39 Å². The molecule has 2 aromatic carbocycles. The summed E-state index contributed by atoms with van der Waals surface area (Å²) in [5, 5.41) is 7.46. The van der Waals surface area contributed by atoms with Gasteiger partial charge in [-0.1, -0.05) is 12.1 Å². The van der Waals surface area contributed by atoms with Gasteiger partial charge in [-0.3, -0.25) is 4.79 Å². The van der Waals surface area contributed by atoms with E-state index < -0.39 is 17.2 Å². The zero-order chi connectivity index (χ0) is 22.7. The average molecular weight is 442 g/mol. The maximum atomic E-state index is 15.3. The van der Waals surface area contributed by atoms with E-state index in [4.69, 9.17) is 19.9 Å². The summed E-state index contributed by atoms with van der Waals surface area (Å²) in [6, 6.07) is 10.7. The third kappa shape index (κ3) is 3.69. The summed E-state index contributed by atoms with van der Waals surface area (Å²) < 4.78 is 46.0. The van der Waals surface area contributed by atoms with E-state index in [9.17, 15) is 9.18 Å². The number of rotatable bonds is 8. The van der Waals surface area contributed by atoms with Crippen LogP contribution in [0.25, 0.3) is 0 Å². The van der Waals surface area contributed by atoms with E-state index in [1.165, 1.54) is 42.5 Å². The number of ether oxygens (including phenoxy) is 3. The number of nitrogens with two attached hydrogens (primary N) is 1. The first kappa shape index (κ1) is 21.4. The Kier molecular flexibility index (Phi) is 5.87. The van der Waals surface area contributed by atoms with Crippen molar-refractivity contribution in [2.24, 2.45) is 0 Å². The second-order valence-corrected chi connectivity index (χ2v) is 7.20. The van der Waals surface area contributed by atoms with Crippen LogP contribution in [0.4, 0.5) is 14.5 Å². The topological polar surface area (TPSA) is 99.8 Å². The zero-order valence-electron chi connectivity index (χ0n) is 17.1. The second kappa shape index (κ2) is 8.75. The quantitative estimate of drug-likeness (QED) is 0.423. The van der Waals surface area contributed by atoms with E-state index in [1.807, 2.05) is 0 Å². The minimum atomic E-state index is -1.06. The van der Waals surface area contributed by atoms with E-state index in [0.29, 0.717) is 12.0 Å². The molecule has 0 bridgehead atoms. The Morgan fingerprint density at radius 3 is 2.62 bits per heavy atom. The molecule has 1 amide bonds. The van der Waals surface area contributed by atoms with Crippen LogP contribution in [0.5, 0.6) is 17.4 Å². The van der Waals surface area contributed by atoms with Gasteiger partial charge >= 0.3 is 0 Å². The second-order valence-electron chi connectivity index (χ2n) is 7.20. The smallest absolute Gasteiger partial charge is 0.238 e. The van der Waals surface area contributed by atoms with Crippen molar-refractivity contribution >= 4 is 12.1 Å². The number of benzene rings is 2. The Labute approximate surface area is 182 Å². The van der Waals surface area contributed by atoms with Crippen molar-refractivity contribution in [2.45, 2.75) is 12.1 Å². The number of nitrogens with zero attached hydrogens (tertiary/aromatic N) is 3. The van der Waals surface area contributed by atoms with Crippen molar-refractivity contribution in [1.29, 1.82) is 0 Å². The molecule has 32 heavy (non-hydrogen) atoms. The van der Waals surface area contributed by atoms with Crippen molar-refractivity contribution in [3.63, 3.8) is 0 Å². The Balaban J connectivity index is 1.71. The standard InChI is InChI=1S/C22H20F2N4O4/c1-30-21-15(7-8-17(20(21)24)32-18-6-3-9-26-27-18)22(11-31-12-22)28(13-29)10-14-4-2-5-16(25)19(14)23/h2-9,13H,10-12,25H2,1H3. The molecule has 1 aliphatic heterocycles. The summed E-state index contributed by atoms with van der Waals surface area (Å²) >= 11 is 0. The molecule has 0 radical (unpaired) electrons. The molecule has 4 rings (SSSR count). The maximum Gasteiger partial charge on any atom is 0.238 e. The fraction of sp³-hybridized carbons (Fsp3) is 0.227. The summed E-state index contributed by atoms with van der Waals surface area (Å²) in [6.45, 7) is 0.0675. The molecular weight excluding hydrogens is 422 g/mol. The maximum absolute atomic E-state index is 15.3. The Morgan fingerprint density at radius 1 is 1.19 bits per heavy atom. The summed E-state index contributed by atoms with van der Waals surface area (Å²) in [6.07, 6.45) is 2.04. The predicted octanol–water partition coefficient (Wildman–Crippen LogP) is 3.02. The minimum absolute atomic E-state index is 0.0265. The predicted molar refractivity (Wildman–Crippen MR) is 110 cm³/mol. The highest BCUT2D eigenvalue weighted by molar-refractivity contribution is 5.56. The molecule has 8 nitrogen and oxygen atoms in total. The number of hydrogen-bond donors (Lipinski definition) is 1. The van der Waals surface area contributed by atoms with Crippen molar-refractivity contribution in [3.8, 4) is 17.4 Å². The van der Waals surface area contributed by atoms with Gasteiger partial charge in [0.05, 0.1) is 26.0 Å². The largest absolute Gasteiger partial charge is 0.493 e. The first-order chi connectivity index (χ1) is 15.5. The number of carbonyl (C=O) groups excluding carboxylic acids is 1. The van der Waals surface area contributed by atoms with E-state index in [1.54, 1.807) is 18.2 Å². The van der Waals surface area contributed by atoms with Gasteiger partial charge in [0.25, 0.3) is 0 Å². The van der Waals surface area contributed by atoms with Gasteiger partial charge in [0, 0.05) is 29.9 Å². The molecule has 3 aromatic rings. The number of amides is 1. The highest BCUT2D eigenvalue weighted by Gasteiger charge is 2.48. The van der Waals surface area contributed by atoms with Crippen LogP contribution in [0.2, 0.25) is 0 Å². The fourth-order valence-electron chi connectivity index (χ4n) is 3.60. The van der Waals surface area contributed by atoms with Gasteiger partial charge in [0.1, 0.15) is 5.54 Å². The zero-order valence-corrected chi connectivity index (χ0v) is 17.1. The molecule has 0 aliphatic carbocycles. The Morgan fingerprint density at radius 2 is 2.00 bits per heavy atom. The summed E-state index contributed by atoms with van der Waals surface area (Å²) in [5.74, 6) is -1.52. The lowest BCUT2D eigenvalue weighted by atomic mass is 9.85. The lowest BCUT2D eigenvalue weighted by Gasteiger charge is -2.48. The van der Waals surface area contributed by atoms with Crippen molar-refractivity contribution in [1.82, 2.24) is 15.1 Å². The number of nitrogen functional groups attached to an aromatic ring is 1. The van der Waals surface area contributed by atoms with Crippen LogP contribution in [-0.4, -0.2) is 41.8 Å². The first-order valence-electron chi connectivity index (χ1n) is 9.65. The molecule has 0 unspecified atom stereocenters. The molecule has 0 spiro atoms. The van der Waals surface area contributed by atoms with Crippen LogP contribution < -0.4 is 15.2 Å². The van der Waals surface area contributed by atoms with Gasteiger partial charge in [-0.05, 0) is 24.3 Å². The van der Waals surface area contributed by atoms with Gasteiger partial charge in [0.15, 0.2) is 17.3 Å². The highest BCUT2D eigenvalue weighted by atomic mass is 19.1. The fourth-order valence-corrected chi connectivity index (χ4v) is 3.60. The Hall–Kier alpha value is -3.79. The number of halogens is 2. The van der Waals surface area contributed by atoms with Gasteiger partial charge in [-0.15, -0.1) is 5.10 Å². The van der Waals surface area contributed by atoms with E-state index in [-0.39, 0.29) is 48.4 Å². The number of methoxy groups -OCH3 is 1. The molecule has 1 saturated heterocycles. The monoisotopic (exact) mass is 442 g/mol. The van der Waals surface area contributed by atoms with Crippen LogP contribution in [0, 0.1) is 11.6 Å². The molecular formula is C22H20F2N4O4. The minimum Gasteiger partial charge on any atom is -0.493 e. The molecule has 10 heteroatoms.